The van der Waals surface area contributed by atoms with Gasteiger partial charge in [0.25, 0.3) is 0 Å². The van der Waals surface area contributed by atoms with E-state index in [-0.39, 0.29) is 17.8 Å². The molecule has 0 unspecified atom stereocenters. The molecule has 2 fully saturated rings. The van der Waals surface area contributed by atoms with Gasteiger partial charge in [-0.2, -0.15) is 0 Å². The van der Waals surface area contributed by atoms with Crippen LogP contribution in [0.25, 0.3) is 0 Å². The fourth-order valence-corrected chi connectivity index (χ4v) is 3.85. The summed E-state index contributed by atoms with van der Waals surface area (Å²) in [6, 6.07) is 0. The predicted molar refractivity (Wildman–Crippen MR) is 92.9 cm³/mol. The summed E-state index contributed by atoms with van der Waals surface area (Å²) in [6.07, 6.45) is 5.61. The van der Waals surface area contributed by atoms with Gasteiger partial charge in [0, 0.05) is 0 Å². The van der Waals surface area contributed by atoms with Gasteiger partial charge < -0.3 is 25.7 Å². The lowest BCUT2D eigenvalue weighted by atomic mass is 9.82. The zero-order valence-electron chi connectivity index (χ0n) is 15.2. The van der Waals surface area contributed by atoms with Crippen molar-refractivity contribution in [3.63, 3.8) is 0 Å². The van der Waals surface area contributed by atoms with Crippen LogP contribution in [0.5, 0.6) is 0 Å². The topological polar surface area (TPSA) is 131 Å². The molecule has 0 heterocycles. The summed E-state index contributed by atoms with van der Waals surface area (Å²) >= 11 is 0. The second-order valence-corrected chi connectivity index (χ2v) is 7.49. The van der Waals surface area contributed by atoms with E-state index in [1.165, 1.54) is 0 Å². The number of primary amides is 2. The first-order valence-corrected chi connectivity index (χ1v) is 9.45. The van der Waals surface area contributed by atoms with Gasteiger partial charge in [0.15, 0.2) is 0 Å². The third-order valence-corrected chi connectivity index (χ3v) is 5.53. The first-order chi connectivity index (χ1) is 12.4. The molecular weight excluding hydrogens is 340 g/mol. The maximum atomic E-state index is 12.3. The van der Waals surface area contributed by atoms with Crippen LogP contribution in [0.3, 0.4) is 0 Å². The van der Waals surface area contributed by atoms with Crippen molar-refractivity contribution in [2.45, 2.75) is 51.4 Å². The van der Waals surface area contributed by atoms with Crippen LogP contribution in [0.1, 0.15) is 51.4 Å². The second-order valence-electron chi connectivity index (χ2n) is 7.49. The molecule has 8 heteroatoms. The van der Waals surface area contributed by atoms with Crippen LogP contribution in [0.15, 0.2) is 0 Å². The molecule has 0 aromatic rings. The van der Waals surface area contributed by atoms with Crippen molar-refractivity contribution in [1.29, 1.82) is 0 Å². The van der Waals surface area contributed by atoms with E-state index in [0.29, 0.717) is 31.7 Å². The molecule has 0 bridgehead atoms. The van der Waals surface area contributed by atoms with E-state index < -0.39 is 12.2 Å². The summed E-state index contributed by atoms with van der Waals surface area (Å²) in [5, 5.41) is 0. The van der Waals surface area contributed by atoms with Gasteiger partial charge in [0.1, 0.15) is 0 Å². The minimum atomic E-state index is -0.748. The quantitative estimate of drug-likeness (QED) is 0.522. The Balaban J connectivity index is 1.58. The highest BCUT2D eigenvalue weighted by atomic mass is 16.5. The molecule has 148 valence electrons. The van der Waals surface area contributed by atoms with Crippen molar-refractivity contribution in [2.75, 3.05) is 19.8 Å². The lowest BCUT2D eigenvalue weighted by Gasteiger charge is -2.29. The van der Waals surface area contributed by atoms with E-state index >= 15 is 0 Å². The molecule has 8 nitrogen and oxygen atoms in total. The maximum Gasteiger partial charge on any atom is 0.404 e. The molecule has 2 amide bonds. The number of carbonyl (C=O) groups excluding carboxylic acids is 3. The molecule has 4 N–H and O–H groups in total. The van der Waals surface area contributed by atoms with Crippen LogP contribution in [0, 0.1) is 23.7 Å². The van der Waals surface area contributed by atoms with Crippen LogP contribution in [-0.4, -0.2) is 38.0 Å². The average Bonchev–Trinajstić information content (AvgIpc) is 2.64. The lowest BCUT2D eigenvalue weighted by Crippen LogP contribution is -2.29. The average molecular weight is 370 g/mol. The van der Waals surface area contributed by atoms with E-state index in [1.54, 1.807) is 0 Å². The SMILES string of the molecule is NC(=O)OCC1CCC(COC(=O)C2CCC(COC(N)=O)CC2)CC1. The normalized spacial score (nSPS) is 28.8. The largest absolute Gasteiger partial charge is 0.465 e. The van der Waals surface area contributed by atoms with Crippen molar-refractivity contribution in [3.8, 4) is 0 Å². The molecule has 0 spiro atoms. The standard InChI is InChI=1S/C18H30N2O6/c19-17(22)25-10-13-3-1-12(2-4-13)9-24-16(21)15-7-5-14(6-8-15)11-26-18(20)23/h12-15H,1-11H2,(H2,19,22)(H2,20,23). The molecule has 2 aliphatic carbocycles. The Bertz CT molecular complexity index is 482. The van der Waals surface area contributed by atoms with Crippen molar-refractivity contribution in [1.82, 2.24) is 0 Å². The van der Waals surface area contributed by atoms with Crippen molar-refractivity contribution < 1.29 is 28.6 Å². The number of nitrogens with two attached hydrogens (primary N) is 2. The molecule has 2 rings (SSSR count). The first-order valence-electron chi connectivity index (χ1n) is 9.45. The highest BCUT2D eigenvalue weighted by molar-refractivity contribution is 5.72. The highest BCUT2D eigenvalue weighted by Gasteiger charge is 2.29. The molecule has 0 saturated heterocycles. The van der Waals surface area contributed by atoms with Gasteiger partial charge in [-0.25, -0.2) is 9.59 Å². The minimum Gasteiger partial charge on any atom is -0.465 e. The number of amides is 2. The Labute approximate surface area is 153 Å². The first kappa shape index (κ1) is 20.3. The minimum absolute atomic E-state index is 0.0554. The Morgan fingerprint density at radius 1 is 0.615 bits per heavy atom. The van der Waals surface area contributed by atoms with Crippen molar-refractivity contribution >= 4 is 18.2 Å². The summed E-state index contributed by atoms with van der Waals surface area (Å²) in [7, 11) is 0. The van der Waals surface area contributed by atoms with Crippen LogP contribution in [0.4, 0.5) is 9.59 Å². The summed E-state index contributed by atoms with van der Waals surface area (Å²) < 4.78 is 15.2. The summed E-state index contributed by atoms with van der Waals surface area (Å²) in [4.78, 5) is 33.5. The molecule has 0 aromatic carbocycles. The summed E-state index contributed by atoms with van der Waals surface area (Å²) in [5.41, 5.74) is 9.95. The van der Waals surface area contributed by atoms with Gasteiger partial charge in [-0.1, -0.05) is 0 Å². The second kappa shape index (κ2) is 10.2. The molecular formula is C18H30N2O6. The predicted octanol–water partition coefficient (Wildman–Crippen LogP) is 2.33. The van der Waals surface area contributed by atoms with Crippen molar-refractivity contribution in [3.05, 3.63) is 0 Å². The van der Waals surface area contributed by atoms with Crippen LogP contribution in [-0.2, 0) is 19.0 Å². The number of esters is 1. The molecule has 2 saturated carbocycles. The molecule has 26 heavy (non-hydrogen) atoms. The third-order valence-electron chi connectivity index (χ3n) is 5.53. The van der Waals surface area contributed by atoms with Crippen LogP contribution in [0.2, 0.25) is 0 Å². The van der Waals surface area contributed by atoms with Gasteiger partial charge in [-0.15, -0.1) is 0 Å². The lowest BCUT2D eigenvalue weighted by molar-refractivity contribution is -0.152. The van der Waals surface area contributed by atoms with Crippen molar-refractivity contribution in [2.24, 2.45) is 35.1 Å². The Morgan fingerprint density at radius 3 is 1.35 bits per heavy atom. The van der Waals surface area contributed by atoms with Gasteiger partial charge in [-0.3, -0.25) is 4.79 Å². The van der Waals surface area contributed by atoms with Gasteiger partial charge >= 0.3 is 18.2 Å². The monoisotopic (exact) mass is 370 g/mol. The Morgan fingerprint density at radius 2 is 0.962 bits per heavy atom. The fourth-order valence-electron chi connectivity index (χ4n) is 3.85. The number of hydrogen-bond donors (Lipinski definition) is 2. The molecule has 2 aliphatic rings. The third kappa shape index (κ3) is 7.09. The van der Waals surface area contributed by atoms with Crippen LogP contribution < -0.4 is 11.5 Å². The molecule has 0 aliphatic heterocycles. The van der Waals surface area contributed by atoms with Gasteiger partial charge in [-0.05, 0) is 69.1 Å². The van der Waals surface area contributed by atoms with Gasteiger partial charge in [0.2, 0.25) is 0 Å². The van der Waals surface area contributed by atoms with E-state index in [9.17, 15) is 14.4 Å². The zero-order chi connectivity index (χ0) is 18.9. The van der Waals surface area contributed by atoms with E-state index in [1.807, 2.05) is 0 Å². The number of carbonyl (C=O) groups is 3. The Kier molecular flexibility index (Phi) is 8.00. The summed E-state index contributed by atoms with van der Waals surface area (Å²) in [5.74, 6) is 0.847. The van der Waals surface area contributed by atoms with Crippen LogP contribution >= 0.6 is 0 Å². The molecule has 0 aromatic heterocycles. The van der Waals surface area contributed by atoms with E-state index in [2.05, 4.69) is 0 Å². The maximum absolute atomic E-state index is 12.3. The zero-order valence-corrected chi connectivity index (χ0v) is 15.2. The van der Waals surface area contributed by atoms with E-state index in [0.717, 1.165) is 51.4 Å². The number of rotatable bonds is 7. The van der Waals surface area contributed by atoms with Gasteiger partial charge in [0.05, 0.1) is 25.7 Å². The Hall–Kier alpha value is -1.99. The fraction of sp³-hybridized carbons (Fsp3) is 0.833. The van der Waals surface area contributed by atoms with E-state index in [4.69, 9.17) is 25.7 Å². The highest BCUT2D eigenvalue weighted by Crippen LogP contribution is 2.32. The number of ether oxygens (including phenoxy) is 3. The smallest absolute Gasteiger partial charge is 0.404 e. The molecule has 0 atom stereocenters. The number of hydrogen-bond acceptors (Lipinski definition) is 6. The molecule has 0 radical (unpaired) electrons. The summed E-state index contributed by atoms with van der Waals surface area (Å²) in [6.45, 7) is 1.18.